The van der Waals surface area contributed by atoms with Crippen molar-refractivity contribution in [2.45, 2.75) is 51.5 Å². The van der Waals surface area contributed by atoms with Gasteiger partial charge < -0.3 is 5.32 Å². The molecule has 2 aromatic rings. The molecule has 29 heavy (non-hydrogen) atoms. The molecule has 2 aliphatic rings. The molecule has 5 heteroatoms. The second kappa shape index (κ2) is 8.19. The first kappa shape index (κ1) is 19.4. The Bertz CT molecular complexity index is 931. The molecule has 1 N–H and O–H groups in total. The summed E-state index contributed by atoms with van der Waals surface area (Å²) < 4.78 is 0. The molecule has 3 amide bonds. The Balaban J connectivity index is 1.28. The lowest BCUT2D eigenvalue weighted by Gasteiger charge is -2.20. The number of hydrogen-bond donors (Lipinski definition) is 1. The Morgan fingerprint density at radius 1 is 1.00 bits per heavy atom. The Labute approximate surface area is 171 Å². The van der Waals surface area contributed by atoms with E-state index >= 15 is 0 Å². The number of benzene rings is 2. The number of hydrogen-bond acceptors (Lipinski definition) is 3. The fourth-order valence-electron chi connectivity index (χ4n) is 4.26. The van der Waals surface area contributed by atoms with Gasteiger partial charge in [0.25, 0.3) is 11.8 Å². The van der Waals surface area contributed by atoms with Gasteiger partial charge in [-0.2, -0.15) is 0 Å². The van der Waals surface area contributed by atoms with Gasteiger partial charge in [-0.1, -0.05) is 30.3 Å². The van der Waals surface area contributed by atoms with Gasteiger partial charge in [0.15, 0.2) is 0 Å². The molecule has 0 spiro atoms. The van der Waals surface area contributed by atoms with Crippen LogP contribution in [0.2, 0.25) is 0 Å². The van der Waals surface area contributed by atoms with E-state index in [0.717, 1.165) is 18.4 Å². The molecular weight excluding hydrogens is 364 g/mol. The highest BCUT2D eigenvalue weighted by atomic mass is 16.2. The Morgan fingerprint density at radius 2 is 1.66 bits per heavy atom. The minimum absolute atomic E-state index is 0.0611. The molecule has 0 fully saturated rings. The van der Waals surface area contributed by atoms with Crippen molar-refractivity contribution in [3.8, 4) is 0 Å². The summed E-state index contributed by atoms with van der Waals surface area (Å²) >= 11 is 0. The van der Waals surface area contributed by atoms with Crippen molar-refractivity contribution in [2.75, 3.05) is 6.54 Å². The summed E-state index contributed by atoms with van der Waals surface area (Å²) in [5, 5.41) is 3.04. The number of carbonyl (C=O) groups is 3. The Morgan fingerprint density at radius 3 is 2.34 bits per heavy atom. The third-order valence-electron chi connectivity index (χ3n) is 5.91. The highest BCUT2D eigenvalue weighted by Crippen LogP contribution is 2.25. The monoisotopic (exact) mass is 390 g/mol. The van der Waals surface area contributed by atoms with Crippen LogP contribution in [0.1, 0.15) is 76.1 Å². The second-order valence-corrected chi connectivity index (χ2v) is 7.94. The van der Waals surface area contributed by atoms with Gasteiger partial charge >= 0.3 is 0 Å². The molecule has 1 heterocycles. The Kier molecular flexibility index (Phi) is 5.47. The van der Waals surface area contributed by atoms with Gasteiger partial charge in [0.05, 0.1) is 17.2 Å². The molecule has 1 aliphatic carbocycles. The van der Waals surface area contributed by atoms with Gasteiger partial charge in [-0.25, -0.2) is 0 Å². The number of fused-ring (bicyclic) bond motifs is 2. The number of nitrogens with one attached hydrogen (secondary N) is 1. The third kappa shape index (κ3) is 3.95. The molecule has 5 nitrogen and oxygen atoms in total. The molecular formula is C24H26N2O3. The smallest absolute Gasteiger partial charge is 0.261 e. The summed E-state index contributed by atoms with van der Waals surface area (Å²) in [4.78, 5) is 38.3. The summed E-state index contributed by atoms with van der Waals surface area (Å²) in [7, 11) is 0. The lowest BCUT2D eigenvalue weighted by Crippen LogP contribution is -2.32. The maximum Gasteiger partial charge on any atom is 0.261 e. The van der Waals surface area contributed by atoms with Crippen molar-refractivity contribution in [2.24, 2.45) is 0 Å². The molecule has 0 aromatic heterocycles. The quantitative estimate of drug-likeness (QED) is 0.763. The zero-order valence-corrected chi connectivity index (χ0v) is 16.7. The van der Waals surface area contributed by atoms with E-state index in [1.165, 1.54) is 28.9 Å². The van der Waals surface area contributed by atoms with Crippen LogP contribution in [0, 0.1) is 0 Å². The van der Waals surface area contributed by atoms with E-state index in [9.17, 15) is 14.4 Å². The average Bonchev–Trinajstić information content (AvgIpc) is 2.98. The van der Waals surface area contributed by atoms with Crippen molar-refractivity contribution in [3.05, 3.63) is 70.3 Å². The molecule has 150 valence electrons. The maximum atomic E-state index is 12.4. The van der Waals surface area contributed by atoms with Crippen LogP contribution in [0.25, 0.3) is 0 Å². The number of nitrogens with zero attached hydrogens (tertiary/aromatic N) is 1. The van der Waals surface area contributed by atoms with Gasteiger partial charge in [-0.05, 0) is 67.9 Å². The van der Waals surface area contributed by atoms with Crippen molar-refractivity contribution in [1.29, 1.82) is 0 Å². The van der Waals surface area contributed by atoms with E-state index in [4.69, 9.17) is 0 Å². The van der Waals surface area contributed by atoms with Crippen LogP contribution in [0.5, 0.6) is 0 Å². The van der Waals surface area contributed by atoms with E-state index in [2.05, 4.69) is 23.5 Å². The van der Waals surface area contributed by atoms with Crippen molar-refractivity contribution < 1.29 is 14.4 Å². The van der Waals surface area contributed by atoms with E-state index < -0.39 is 0 Å². The second-order valence-electron chi connectivity index (χ2n) is 7.94. The normalized spacial score (nSPS) is 16.4. The number of carbonyl (C=O) groups excluding carboxylic acids is 3. The van der Waals surface area contributed by atoms with Crippen LogP contribution in [-0.4, -0.2) is 29.2 Å². The molecule has 4 rings (SSSR count). The van der Waals surface area contributed by atoms with Gasteiger partial charge in [-0.3, -0.25) is 19.3 Å². The summed E-state index contributed by atoms with van der Waals surface area (Å²) in [6.07, 6.45) is 5.48. The summed E-state index contributed by atoms with van der Waals surface area (Å²) in [5.41, 5.74) is 4.85. The average molecular weight is 390 g/mol. The van der Waals surface area contributed by atoms with Crippen LogP contribution in [0.3, 0.4) is 0 Å². The van der Waals surface area contributed by atoms with Crippen LogP contribution in [0.15, 0.2) is 42.5 Å². The fourth-order valence-corrected chi connectivity index (χ4v) is 4.26. The first-order valence-corrected chi connectivity index (χ1v) is 10.4. The molecule has 1 unspecified atom stereocenters. The van der Waals surface area contributed by atoms with E-state index in [-0.39, 0.29) is 36.7 Å². The van der Waals surface area contributed by atoms with Crippen molar-refractivity contribution in [1.82, 2.24) is 10.2 Å². The van der Waals surface area contributed by atoms with Crippen molar-refractivity contribution in [3.63, 3.8) is 0 Å². The Hall–Kier alpha value is -2.95. The molecule has 0 saturated carbocycles. The SMILES string of the molecule is CC(NC(=O)CCCN1C(=O)c2ccccc2C1=O)c1ccc2c(c1)CCCC2. The largest absolute Gasteiger partial charge is 0.350 e. The number of aryl methyl sites for hydroxylation is 2. The minimum atomic E-state index is -0.270. The number of amides is 3. The topological polar surface area (TPSA) is 66.5 Å². The predicted molar refractivity (Wildman–Crippen MR) is 111 cm³/mol. The predicted octanol–water partition coefficient (Wildman–Crippen LogP) is 3.82. The minimum Gasteiger partial charge on any atom is -0.350 e. The fraction of sp³-hybridized carbons (Fsp3) is 0.375. The number of imide groups is 1. The van der Waals surface area contributed by atoms with Gasteiger partial charge in [0.2, 0.25) is 5.91 Å². The van der Waals surface area contributed by atoms with Crippen LogP contribution in [-0.2, 0) is 17.6 Å². The standard InChI is InChI=1S/C24H26N2O3/c1-16(18-13-12-17-7-2-3-8-19(17)15-18)25-22(27)11-6-14-26-23(28)20-9-4-5-10-21(20)24(26)29/h4-5,9-10,12-13,15-16H,2-3,6-8,11,14H2,1H3,(H,25,27). The van der Waals surface area contributed by atoms with Crippen LogP contribution < -0.4 is 5.32 Å². The van der Waals surface area contributed by atoms with Crippen LogP contribution >= 0.6 is 0 Å². The summed E-state index contributed by atoms with van der Waals surface area (Å²) in [6.45, 7) is 2.25. The first-order valence-electron chi connectivity index (χ1n) is 10.4. The first-order chi connectivity index (χ1) is 14.0. The van der Waals surface area contributed by atoms with Gasteiger partial charge in [0.1, 0.15) is 0 Å². The lowest BCUT2D eigenvalue weighted by atomic mass is 9.89. The molecule has 0 saturated heterocycles. The molecule has 1 atom stereocenters. The van der Waals surface area contributed by atoms with E-state index in [0.29, 0.717) is 17.5 Å². The zero-order chi connectivity index (χ0) is 20.4. The van der Waals surface area contributed by atoms with E-state index in [1.54, 1.807) is 24.3 Å². The summed E-state index contributed by atoms with van der Waals surface area (Å²) in [5.74, 6) is -0.603. The highest BCUT2D eigenvalue weighted by molar-refractivity contribution is 6.21. The third-order valence-corrected chi connectivity index (χ3v) is 5.91. The molecule has 0 bridgehead atoms. The lowest BCUT2D eigenvalue weighted by molar-refractivity contribution is -0.121. The van der Waals surface area contributed by atoms with Gasteiger partial charge in [0, 0.05) is 13.0 Å². The van der Waals surface area contributed by atoms with Crippen molar-refractivity contribution >= 4 is 17.7 Å². The number of rotatable bonds is 6. The zero-order valence-electron chi connectivity index (χ0n) is 16.7. The molecule has 2 aromatic carbocycles. The summed E-state index contributed by atoms with van der Waals surface area (Å²) in [6, 6.07) is 13.3. The van der Waals surface area contributed by atoms with Gasteiger partial charge in [-0.15, -0.1) is 0 Å². The van der Waals surface area contributed by atoms with Crippen LogP contribution in [0.4, 0.5) is 0 Å². The molecule has 1 aliphatic heterocycles. The molecule has 0 radical (unpaired) electrons. The van der Waals surface area contributed by atoms with E-state index in [1.807, 2.05) is 6.92 Å². The highest BCUT2D eigenvalue weighted by Gasteiger charge is 2.34. The maximum absolute atomic E-state index is 12.4.